The number of methoxy groups -OCH3 is 1. The predicted molar refractivity (Wildman–Crippen MR) is 81.5 cm³/mol. The van der Waals surface area contributed by atoms with Gasteiger partial charge in [0.2, 0.25) is 10.0 Å². The topological polar surface area (TPSA) is 58.6 Å². The fraction of sp³-hybridized carbons (Fsp3) is 0.571. The zero-order valence-corrected chi connectivity index (χ0v) is 13.2. The van der Waals surface area contributed by atoms with Crippen LogP contribution >= 0.6 is 0 Å². The molecule has 0 unspecified atom stereocenters. The van der Waals surface area contributed by atoms with Gasteiger partial charge in [0, 0.05) is 40.0 Å². The molecule has 0 amide bonds. The Bertz CT molecular complexity index is 484. The molecular weight excluding hydrogens is 276 g/mol. The van der Waals surface area contributed by atoms with Gasteiger partial charge < -0.3 is 10.1 Å². The van der Waals surface area contributed by atoms with E-state index >= 15 is 0 Å². The Morgan fingerprint density at radius 1 is 1.10 bits per heavy atom. The number of rotatable bonds is 9. The highest BCUT2D eigenvalue weighted by molar-refractivity contribution is 7.89. The van der Waals surface area contributed by atoms with Crippen LogP contribution in [0, 0.1) is 0 Å². The number of unbranched alkanes of at least 4 members (excludes halogenated alkanes) is 2. The molecule has 0 aliphatic rings. The third kappa shape index (κ3) is 5.11. The van der Waals surface area contributed by atoms with Crippen LogP contribution in [0.15, 0.2) is 29.2 Å². The molecule has 1 rings (SSSR count). The van der Waals surface area contributed by atoms with Crippen molar-refractivity contribution in [3.8, 4) is 0 Å². The van der Waals surface area contributed by atoms with Crippen LogP contribution in [0.5, 0.6) is 0 Å². The van der Waals surface area contributed by atoms with E-state index < -0.39 is 10.0 Å². The van der Waals surface area contributed by atoms with E-state index in [1.165, 1.54) is 18.4 Å². The van der Waals surface area contributed by atoms with Crippen molar-refractivity contribution in [1.82, 2.24) is 4.31 Å². The lowest BCUT2D eigenvalue weighted by atomic mass is 10.2. The fourth-order valence-corrected chi connectivity index (χ4v) is 2.64. The first-order chi connectivity index (χ1) is 9.48. The number of nitrogens with zero attached hydrogens (tertiary/aromatic N) is 1. The number of ether oxygens (including phenoxy) is 1. The Labute approximate surface area is 122 Å². The lowest BCUT2D eigenvalue weighted by molar-refractivity contribution is 0.192. The molecule has 114 valence electrons. The molecule has 6 heteroatoms. The standard InChI is InChI=1S/C14H24N2O3S/c1-16(2)20(17,18)14-9-7-13(8-10-14)15-11-5-4-6-12-19-3/h7-10,15H,4-6,11-12H2,1-3H3. The van der Waals surface area contributed by atoms with Crippen LogP contribution in [0.4, 0.5) is 5.69 Å². The average molecular weight is 300 g/mol. The Morgan fingerprint density at radius 3 is 2.30 bits per heavy atom. The van der Waals surface area contributed by atoms with Gasteiger partial charge in [-0.25, -0.2) is 12.7 Å². The molecule has 0 aliphatic carbocycles. The predicted octanol–water partition coefficient (Wildman–Crippen LogP) is 2.17. The maximum atomic E-state index is 11.9. The van der Waals surface area contributed by atoms with Gasteiger partial charge >= 0.3 is 0 Å². The van der Waals surface area contributed by atoms with Gasteiger partial charge in [-0.15, -0.1) is 0 Å². The molecule has 0 bridgehead atoms. The SMILES string of the molecule is COCCCCCNc1ccc(S(=O)(=O)N(C)C)cc1. The van der Waals surface area contributed by atoms with Crippen molar-refractivity contribution in [2.45, 2.75) is 24.2 Å². The van der Waals surface area contributed by atoms with Crippen LogP contribution < -0.4 is 5.32 Å². The molecule has 0 heterocycles. The zero-order chi connectivity index (χ0) is 15.0. The van der Waals surface area contributed by atoms with Crippen LogP contribution in [-0.4, -0.2) is 47.1 Å². The van der Waals surface area contributed by atoms with Gasteiger partial charge in [-0.2, -0.15) is 0 Å². The lowest BCUT2D eigenvalue weighted by Crippen LogP contribution is -2.22. The molecule has 1 aromatic rings. The first kappa shape index (κ1) is 16.9. The summed E-state index contributed by atoms with van der Waals surface area (Å²) in [5.41, 5.74) is 0.939. The normalized spacial score (nSPS) is 11.8. The summed E-state index contributed by atoms with van der Waals surface area (Å²) < 4.78 is 30.0. The van der Waals surface area contributed by atoms with E-state index in [-0.39, 0.29) is 0 Å². The highest BCUT2D eigenvalue weighted by atomic mass is 32.2. The zero-order valence-electron chi connectivity index (χ0n) is 12.4. The minimum Gasteiger partial charge on any atom is -0.385 e. The van der Waals surface area contributed by atoms with Gasteiger partial charge in [-0.05, 0) is 43.5 Å². The summed E-state index contributed by atoms with van der Waals surface area (Å²) in [4.78, 5) is 0.313. The van der Waals surface area contributed by atoms with Gasteiger partial charge in [0.1, 0.15) is 0 Å². The largest absolute Gasteiger partial charge is 0.385 e. The minimum atomic E-state index is -3.34. The van der Waals surface area contributed by atoms with E-state index in [4.69, 9.17) is 4.74 Å². The summed E-state index contributed by atoms with van der Waals surface area (Å²) in [7, 11) is 1.43. The van der Waals surface area contributed by atoms with E-state index in [0.29, 0.717) is 4.90 Å². The van der Waals surface area contributed by atoms with Gasteiger partial charge in [0.05, 0.1) is 4.90 Å². The monoisotopic (exact) mass is 300 g/mol. The summed E-state index contributed by atoms with van der Waals surface area (Å²) in [5.74, 6) is 0. The molecule has 0 atom stereocenters. The smallest absolute Gasteiger partial charge is 0.242 e. The van der Waals surface area contributed by atoms with Crippen LogP contribution in [-0.2, 0) is 14.8 Å². The number of hydrogen-bond donors (Lipinski definition) is 1. The van der Waals surface area contributed by atoms with Crippen LogP contribution in [0.25, 0.3) is 0 Å². The Hall–Kier alpha value is -1.11. The summed E-state index contributed by atoms with van der Waals surface area (Å²) in [6.07, 6.45) is 3.26. The van der Waals surface area contributed by atoms with Crippen LogP contribution in [0.3, 0.4) is 0 Å². The van der Waals surface area contributed by atoms with Crippen molar-refractivity contribution < 1.29 is 13.2 Å². The summed E-state index contributed by atoms with van der Waals surface area (Å²) in [6, 6.07) is 6.85. The van der Waals surface area contributed by atoms with Gasteiger partial charge in [-0.1, -0.05) is 0 Å². The molecule has 0 saturated heterocycles. The molecule has 0 radical (unpaired) electrons. The minimum absolute atomic E-state index is 0.313. The maximum Gasteiger partial charge on any atom is 0.242 e. The first-order valence-corrected chi connectivity index (χ1v) is 8.18. The number of hydrogen-bond acceptors (Lipinski definition) is 4. The highest BCUT2D eigenvalue weighted by Gasteiger charge is 2.16. The van der Waals surface area contributed by atoms with Crippen molar-refractivity contribution >= 4 is 15.7 Å². The van der Waals surface area contributed by atoms with E-state index in [1.807, 2.05) is 0 Å². The number of anilines is 1. The number of sulfonamides is 1. The van der Waals surface area contributed by atoms with E-state index in [1.54, 1.807) is 31.4 Å². The van der Waals surface area contributed by atoms with E-state index in [2.05, 4.69) is 5.32 Å². The molecule has 20 heavy (non-hydrogen) atoms. The second-order valence-corrected chi connectivity index (χ2v) is 6.94. The van der Waals surface area contributed by atoms with Gasteiger partial charge in [0.25, 0.3) is 0 Å². The van der Waals surface area contributed by atoms with E-state index in [0.717, 1.165) is 38.1 Å². The average Bonchev–Trinajstić information content (AvgIpc) is 2.43. The summed E-state index contributed by atoms with van der Waals surface area (Å²) in [5, 5.41) is 3.28. The molecular formula is C14H24N2O3S. The lowest BCUT2D eigenvalue weighted by Gasteiger charge is -2.12. The third-order valence-corrected chi connectivity index (χ3v) is 4.82. The van der Waals surface area contributed by atoms with E-state index in [9.17, 15) is 8.42 Å². The Balaban J connectivity index is 2.44. The summed E-state index contributed by atoms with van der Waals surface area (Å²) in [6.45, 7) is 1.68. The van der Waals surface area contributed by atoms with Crippen LogP contribution in [0.2, 0.25) is 0 Å². The molecule has 1 aromatic carbocycles. The van der Waals surface area contributed by atoms with Crippen molar-refractivity contribution in [3.05, 3.63) is 24.3 Å². The molecule has 0 aromatic heterocycles. The number of nitrogens with one attached hydrogen (secondary N) is 1. The fourth-order valence-electron chi connectivity index (χ4n) is 1.74. The van der Waals surface area contributed by atoms with Crippen molar-refractivity contribution in [2.75, 3.05) is 39.7 Å². The third-order valence-electron chi connectivity index (χ3n) is 2.99. The van der Waals surface area contributed by atoms with Gasteiger partial charge in [-0.3, -0.25) is 0 Å². The van der Waals surface area contributed by atoms with Crippen molar-refractivity contribution in [3.63, 3.8) is 0 Å². The molecule has 5 nitrogen and oxygen atoms in total. The molecule has 1 N–H and O–H groups in total. The quantitative estimate of drug-likeness (QED) is 0.710. The first-order valence-electron chi connectivity index (χ1n) is 6.74. The number of benzene rings is 1. The maximum absolute atomic E-state index is 11.9. The Morgan fingerprint density at radius 2 is 1.75 bits per heavy atom. The summed E-state index contributed by atoms with van der Waals surface area (Å²) >= 11 is 0. The highest BCUT2D eigenvalue weighted by Crippen LogP contribution is 2.16. The molecule has 0 saturated carbocycles. The second kappa shape index (κ2) is 8.24. The van der Waals surface area contributed by atoms with Crippen molar-refractivity contribution in [1.29, 1.82) is 0 Å². The van der Waals surface area contributed by atoms with Gasteiger partial charge in [0.15, 0.2) is 0 Å². The molecule has 0 aliphatic heterocycles. The second-order valence-electron chi connectivity index (χ2n) is 4.79. The molecule has 0 fully saturated rings. The van der Waals surface area contributed by atoms with Crippen LogP contribution in [0.1, 0.15) is 19.3 Å². The Kier molecular flexibility index (Phi) is 6.98. The van der Waals surface area contributed by atoms with Crippen molar-refractivity contribution in [2.24, 2.45) is 0 Å². The molecule has 0 spiro atoms.